The predicted molar refractivity (Wildman–Crippen MR) is 110 cm³/mol. The van der Waals surface area contributed by atoms with E-state index >= 15 is 0 Å². The highest BCUT2D eigenvalue weighted by Gasteiger charge is 2.11. The van der Waals surface area contributed by atoms with Gasteiger partial charge < -0.3 is 5.32 Å². The molecule has 1 aromatic carbocycles. The molecule has 5 aromatic rings. The molecule has 0 saturated carbocycles. The summed E-state index contributed by atoms with van der Waals surface area (Å²) in [6, 6.07) is 20.5. The molecule has 0 bridgehead atoms. The van der Waals surface area contributed by atoms with Gasteiger partial charge in [0.05, 0.1) is 11.1 Å². The van der Waals surface area contributed by atoms with Crippen molar-refractivity contribution in [3.63, 3.8) is 0 Å². The van der Waals surface area contributed by atoms with Crippen molar-refractivity contribution in [3.05, 3.63) is 78.8 Å². The first-order chi connectivity index (χ1) is 13.4. The fraction of sp³-hybridized carbons (Fsp3) is 0.0952. The van der Waals surface area contributed by atoms with Crippen LogP contribution in [0.3, 0.4) is 0 Å². The fourth-order valence-electron chi connectivity index (χ4n) is 3.11. The van der Waals surface area contributed by atoms with Crippen LogP contribution in [-0.4, -0.2) is 26.1 Å². The zero-order valence-electron chi connectivity index (χ0n) is 14.5. The molecule has 4 heterocycles. The molecule has 0 fully saturated rings. The number of fused-ring (bicyclic) bond motifs is 2. The van der Waals surface area contributed by atoms with Crippen molar-refractivity contribution >= 4 is 32.9 Å². The molecule has 6 heteroatoms. The molecule has 27 heavy (non-hydrogen) atoms. The van der Waals surface area contributed by atoms with E-state index in [1.54, 1.807) is 11.3 Å². The van der Waals surface area contributed by atoms with E-state index in [1.807, 2.05) is 47.2 Å². The molecule has 0 aliphatic carbocycles. The number of nitrogens with one attached hydrogen (secondary N) is 1. The molecule has 0 aliphatic heterocycles. The lowest BCUT2D eigenvalue weighted by Gasteiger charge is -2.06. The standard InChI is InChI=1S/C21H17N5S/c1-2-7-18-15(5-1)13-19(27-18)17-14-24-21-9-8-20(25-26(17)21)23-12-10-16-6-3-4-11-22-16/h1-9,11,13-14H,10,12H2,(H,23,25). The maximum absolute atomic E-state index is 4.74. The van der Waals surface area contributed by atoms with E-state index in [4.69, 9.17) is 5.10 Å². The number of rotatable bonds is 5. The molecular formula is C21H17N5S. The molecule has 132 valence electrons. The molecule has 5 rings (SSSR count). The molecular weight excluding hydrogens is 354 g/mol. The highest BCUT2D eigenvalue weighted by atomic mass is 32.1. The molecule has 0 unspecified atom stereocenters. The van der Waals surface area contributed by atoms with Crippen LogP contribution in [0.15, 0.2) is 73.1 Å². The topological polar surface area (TPSA) is 55.1 Å². The third-order valence-corrected chi connectivity index (χ3v) is 5.59. The Bertz CT molecular complexity index is 1180. The van der Waals surface area contributed by atoms with Gasteiger partial charge in [0.2, 0.25) is 0 Å². The van der Waals surface area contributed by atoms with Crippen molar-refractivity contribution in [1.29, 1.82) is 0 Å². The Morgan fingerprint density at radius 1 is 0.963 bits per heavy atom. The number of nitrogens with zero attached hydrogens (tertiary/aromatic N) is 4. The van der Waals surface area contributed by atoms with Crippen molar-refractivity contribution < 1.29 is 0 Å². The monoisotopic (exact) mass is 371 g/mol. The molecule has 0 spiro atoms. The van der Waals surface area contributed by atoms with Gasteiger partial charge in [0.15, 0.2) is 5.65 Å². The summed E-state index contributed by atoms with van der Waals surface area (Å²) in [6.07, 6.45) is 4.57. The van der Waals surface area contributed by atoms with Gasteiger partial charge in [0.25, 0.3) is 0 Å². The Balaban J connectivity index is 1.42. The minimum atomic E-state index is 0.780. The Labute approximate surface area is 160 Å². The van der Waals surface area contributed by atoms with Crippen molar-refractivity contribution in [2.75, 3.05) is 11.9 Å². The molecule has 5 nitrogen and oxygen atoms in total. The van der Waals surface area contributed by atoms with E-state index in [2.05, 4.69) is 45.6 Å². The number of hydrogen-bond acceptors (Lipinski definition) is 5. The maximum atomic E-state index is 4.74. The summed E-state index contributed by atoms with van der Waals surface area (Å²) in [5.41, 5.74) is 2.93. The minimum Gasteiger partial charge on any atom is -0.368 e. The molecule has 0 aliphatic rings. The van der Waals surface area contributed by atoms with Gasteiger partial charge in [0.1, 0.15) is 11.5 Å². The van der Waals surface area contributed by atoms with Gasteiger partial charge in [-0.3, -0.25) is 4.98 Å². The third-order valence-electron chi connectivity index (χ3n) is 4.45. The van der Waals surface area contributed by atoms with Crippen LogP contribution >= 0.6 is 11.3 Å². The number of anilines is 1. The molecule has 0 atom stereocenters. The lowest BCUT2D eigenvalue weighted by molar-refractivity contribution is 0.908. The predicted octanol–water partition coefficient (Wildman–Crippen LogP) is 4.66. The maximum Gasteiger partial charge on any atom is 0.154 e. The van der Waals surface area contributed by atoms with E-state index in [1.165, 1.54) is 15.0 Å². The van der Waals surface area contributed by atoms with Crippen LogP contribution in [-0.2, 0) is 6.42 Å². The highest BCUT2D eigenvalue weighted by Crippen LogP contribution is 2.33. The SMILES string of the molecule is c1ccc(CCNc2ccc3ncc(-c4cc5ccccc5s4)n3n2)nc1. The van der Waals surface area contributed by atoms with Gasteiger partial charge >= 0.3 is 0 Å². The van der Waals surface area contributed by atoms with Gasteiger partial charge in [-0.15, -0.1) is 16.4 Å². The molecule has 0 amide bonds. The summed E-state index contributed by atoms with van der Waals surface area (Å²) in [4.78, 5) is 10.0. The lowest BCUT2D eigenvalue weighted by atomic mass is 10.2. The number of thiophene rings is 1. The van der Waals surface area contributed by atoms with E-state index in [0.29, 0.717) is 0 Å². The van der Waals surface area contributed by atoms with Crippen LogP contribution in [0.25, 0.3) is 26.3 Å². The van der Waals surface area contributed by atoms with Crippen molar-refractivity contribution in [1.82, 2.24) is 19.6 Å². The van der Waals surface area contributed by atoms with Crippen LogP contribution in [0.5, 0.6) is 0 Å². The van der Waals surface area contributed by atoms with Crippen molar-refractivity contribution in [3.8, 4) is 10.6 Å². The Hall–Kier alpha value is -3.25. The van der Waals surface area contributed by atoms with Crippen LogP contribution in [0.2, 0.25) is 0 Å². The van der Waals surface area contributed by atoms with Crippen molar-refractivity contribution in [2.45, 2.75) is 6.42 Å². The zero-order valence-corrected chi connectivity index (χ0v) is 15.4. The summed E-state index contributed by atoms with van der Waals surface area (Å²) >= 11 is 1.76. The fourth-order valence-corrected chi connectivity index (χ4v) is 4.17. The second-order valence-electron chi connectivity index (χ2n) is 6.28. The summed E-state index contributed by atoms with van der Waals surface area (Å²) in [7, 11) is 0. The lowest BCUT2D eigenvalue weighted by Crippen LogP contribution is -2.08. The Morgan fingerprint density at radius 2 is 1.89 bits per heavy atom. The van der Waals surface area contributed by atoms with E-state index in [0.717, 1.165) is 35.8 Å². The van der Waals surface area contributed by atoms with E-state index < -0.39 is 0 Å². The van der Waals surface area contributed by atoms with Crippen LogP contribution in [0.4, 0.5) is 5.82 Å². The van der Waals surface area contributed by atoms with Crippen LogP contribution in [0.1, 0.15) is 5.69 Å². The highest BCUT2D eigenvalue weighted by molar-refractivity contribution is 7.22. The smallest absolute Gasteiger partial charge is 0.154 e. The first-order valence-electron chi connectivity index (χ1n) is 8.84. The van der Waals surface area contributed by atoms with Gasteiger partial charge in [-0.1, -0.05) is 24.3 Å². The van der Waals surface area contributed by atoms with Crippen LogP contribution in [0, 0.1) is 0 Å². The number of pyridine rings is 1. The number of hydrogen-bond donors (Lipinski definition) is 1. The van der Waals surface area contributed by atoms with E-state index in [-0.39, 0.29) is 0 Å². The average Bonchev–Trinajstić information content (AvgIpc) is 3.32. The van der Waals surface area contributed by atoms with Gasteiger partial charge in [-0.25, -0.2) is 9.50 Å². The number of benzene rings is 1. The quantitative estimate of drug-likeness (QED) is 0.488. The van der Waals surface area contributed by atoms with Crippen LogP contribution < -0.4 is 5.32 Å². The first-order valence-corrected chi connectivity index (χ1v) is 9.66. The summed E-state index contributed by atoms with van der Waals surface area (Å²) in [6.45, 7) is 0.780. The van der Waals surface area contributed by atoms with Gasteiger partial charge in [0, 0.05) is 29.6 Å². The third kappa shape index (κ3) is 3.15. The largest absolute Gasteiger partial charge is 0.368 e. The Kier molecular flexibility index (Phi) is 4.03. The van der Waals surface area contributed by atoms with Gasteiger partial charge in [-0.05, 0) is 41.8 Å². The molecule has 4 aromatic heterocycles. The summed E-state index contributed by atoms with van der Waals surface area (Å²) in [5.74, 6) is 0.832. The van der Waals surface area contributed by atoms with Crippen molar-refractivity contribution in [2.24, 2.45) is 0 Å². The average molecular weight is 371 g/mol. The Morgan fingerprint density at radius 3 is 2.78 bits per heavy atom. The normalized spacial score (nSPS) is 11.3. The second-order valence-corrected chi connectivity index (χ2v) is 7.36. The molecule has 0 radical (unpaired) electrons. The molecule has 0 saturated heterocycles. The summed E-state index contributed by atoms with van der Waals surface area (Å²) < 4.78 is 3.18. The second kappa shape index (κ2) is 6.81. The molecule has 1 N–H and O–H groups in total. The summed E-state index contributed by atoms with van der Waals surface area (Å²) in [5, 5.41) is 9.37. The van der Waals surface area contributed by atoms with E-state index in [9.17, 15) is 0 Å². The number of aromatic nitrogens is 4. The first kappa shape index (κ1) is 16.0. The zero-order chi connectivity index (χ0) is 18.1. The minimum absolute atomic E-state index is 0.780. The number of imidazole rings is 1. The van der Waals surface area contributed by atoms with Gasteiger partial charge in [-0.2, -0.15) is 0 Å².